The number of aromatic nitrogens is 1. The number of anilines is 3. The first-order valence-corrected chi connectivity index (χ1v) is 8.15. The summed E-state index contributed by atoms with van der Waals surface area (Å²) in [5.74, 6) is 0.544. The van der Waals surface area contributed by atoms with Crippen LogP contribution in [0.5, 0.6) is 11.5 Å². The number of hydrogen-bond donors (Lipinski definition) is 2. The van der Waals surface area contributed by atoms with Gasteiger partial charge in [0.25, 0.3) is 5.91 Å². The third kappa shape index (κ3) is 3.50. The van der Waals surface area contributed by atoms with Crippen molar-refractivity contribution in [3.05, 3.63) is 35.4 Å². The lowest BCUT2D eigenvalue weighted by molar-refractivity contribution is -0.127. The Morgan fingerprint density at radius 2 is 2.19 bits per heavy atom. The first kappa shape index (κ1) is 17.8. The standard InChI is InChI=1S/C17H17ClN4O4/c1-9-17(24)22(16-13(26-9)5-6-14(19)21-16)8-15(23)20-10-3-4-12(25-2)11(18)7-10/h3-7,9H,8H2,1-2H3,(H2,19,21)(H,20,23). The Balaban J connectivity index is 1.79. The van der Waals surface area contributed by atoms with Crippen LogP contribution in [0.4, 0.5) is 17.3 Å². The number of halogens is 1. The highest BCUT2D eigenvalue weighted by Gasteiger charge is 2.34. The van der Waals surface area contributed by atoms with Crippen LogP contribution < -0.4 is 25.4 Å². The topological polar surface area (TPSA) is 107 Å². The van der Waals surface area contributed by atoms with E-state index in [0.717, 1.165) is 0 Å². The van der Waals surface area contributed by atoms with Crippen molar-refractivity contribution in [2.45, 2.75) is 13.0 Å². The Labute approximate surface area is 154 Å². The van der Waals surface area contributed by atoms with Gasteiger partial charge < -0.3 is 20.5 Å². The molecular weight excluding hydrogens is 360 g/mol. The summed E-state index contributed by atoms with van der Waals surface area (Å²) in [6.07, 6.45) is -0.726. The van der Waals surface area contributed by atoms with E-state index in [9.17, 15) is 9.59 Å². The lowest BCUT2D eigenvalue weighted by Crippen LogP contribution is -2.48. The summed E-state index contributed by atoms with van der Waals surface area (Å²) >= 11 is 6.05. The number of methoxy groups -OCH3 is 1. The van der Waals surface area contributed by atoms with E-state index in [1.165, 1.54) is 12.0 Å². The van der Waals surface area contributed by atoms with Gasteiger partial charge in [0, 0.05) is 5.69 Å². The Hall–Kier alpha value is -3.00. The first-order valence-electron chi connectivity index (χ1n) is 7.77. The summed E-state index contributed by atoms with van der Waals surface area (Å²) < 4.78 is 10.6. The molecule has 1 atom stereocenters. The van der Waals surface area contributed by atoms with E-state index in [1.54, 1.807) is 37.3 Å². The molecule has 0 aliphatic carbocycles. The monoisotopic (exact) mass is 376 g/mol. The fourth-order valence-corrected chi connectivity index (χ4v) is 2.80. The maximum Gasteiger partial charge on any atom is 0.269 e. The van der Waals surface area contributed by atoms with Crippen molar-refractivity contribution in [1.29, 1.82) is 0 Å². The van der Waals surface area contributed by atoms with Crippen LogP contribution in [0.1, 0.15) is 6.92 Å². The van der Waals surface area contributed by atoms with Crippen LogP contribution in [0, 0.1) is 0 Å². The molecule has 3 rings (SSSR count). The van der Waals surface area contributed by atoms with E-state index in [2.05, 4.69) is 10.3 Å². The predicted octanol–water partition coefficient (Wildman–Crippen LogP) is 2.08. The fraction of sp³-hybridized carbons (Fsp3) is 0.235. The number of nitrogen functional groups attached to an aromatic ring is 1. The van der Waals surface area contributed by atoms with Gasteiger partial charge in [-0.3, -0.25) is 14.5 Å². The number of rotatable bonds is 4. The molecule has 9 heteroatoms. The maximum atomic E-state index is 12.4. The highest BCUT2D eigenvalue weighted by molar-refractivity contribution is 6.32. The number of carbonyl (C=O) groups excluding carboxylic acids is 2. The molecular formula is C17H17ClN4O4. The first-order chi connectivity index (χ1) is 12.4. The van der Waals surface area contributed by atoms with E-state index < -0.39 is 12.0 Å². The summed E-state index contributed by atoms with van der Waals surface area (Å²) in [6, 6.07) is 8.04. The van der Waals surface area contributed by atoms with Crippen molar-refractivity contribution in [3.8, 4) is 11.5 Å². The molecule has 2 amide bonds. The lowest BCUT2D eigenvalue weighted by atomic mass is 10.2. The van der Waals surface area contributed by atoms with Crippen molar-refractivity contribution in [2.24, 2.45) is 0 Å². The van der Waals surface area contributed by atoms with Crippen LogP contribution in [-0.2, 0) is 9.59 Å². The van der Waals surface area contributed by atoms with Gasteiger partial charge in [-0.15, -0.1) is 0 Å². The van der Waals surface area contributed by atoms with E-state index in [4.69, 9.17) is 26.8 Å². The smallest absolute Gasteiger partial charge is 0.269 e. The van der Waals surface area contributed by atoms with Gasteiger partial charge in [-0.2, -0.15) is 0 Å². The number of nitrogens with two attached hydrogens (primary N) is 1. The van der Waals surface area contributed by atoms with E-state index in [1.807, 2.05) is 0 Å². The van der Waals surface area contributed by atoms with Crippen molar-refractivity contribution >= 4 is 40.7 Å². The number of benzene rings is 1. The Kier molecular flexibility index (Phi) is 4.85. The Morgan fingerprint density at radius 3 is 2.88 bits per heavy atom. The molecule has 2 aromatic rings. The highest BCUT2D eigenvalue weighted by atomic mass is 35.5. The van der Waals surface area contributed by atoms with Crippen LogP contribution in [0.2, 0.25) is 5.02 Å². The minimum Gasteiger partial charge on any atom is -0.495 e. The maximum absolute atomic E-state index is 12.4. The van der Waals surface area contributed by atoms with Crippen molar-refractivity contribution in [3.63, 3.8) is 0 Å². The third-order valence-corrected chi connectivity index (χ3v) is 4.07. The van der Waals surface area contributed by atoms with Crippen LogP contribution in [0.15, 0.2) is 30.3 Å². The number of fused-ring (bicyclic) bond motifs is 1. The zero-order valence-corrected chi connectivity index (χ0v) is 14.9. The summed E-state index contributed by atoms with van der Waals surface area (Å²) in [5.41, 5.74) is 6.17. The molecule has 1 aliphatic rings. The van der Waals surface area contributed by atoms with Gasteiger partial charge in [0.05, 0.1) is 12.1 Å². The summed E-state index contributed by atoms with van der Waals surface area (Å²) in [7, 11) is 1.50. The predicted molar refractivity (Wildman–Crippen MR) is 97.7 cm³/mol. The van der Waals surface area contributed by atoms with Gasteiger partial charge in [0.1, 0.15) is 18.1 Å². The molecule has 1 aromatic heterocycles. The van der Waals surface area contributed by atoms with E-state index in [0.29, 0.717) is 22.2 Å². The molecule has 0 bridgehead atoms. The van der Waals surface area contributed by atoms with Gasteiger partial charge in [-0.05, 0) is 37.3 Å². The second-order valence-electron chi connectivity index (χ2n) is 5.64. The van der Waals surface area contributed by atoms with Crippen LogP contribution in [-0.4, -0.2) is 36.6 Å². The van der Waals surface area contributed by atoms with Crippen molar-refractivity contribution in [1.82, 2.24) is 4.98 Å². The van der Waals surface area contributed by atoms with Crippen LogP contribution >= 0.6 is 11.6 Å². The molecule has 1 unspecified atom stereocenters. The highest BCUT2D eigenvalue weighted by Crippen LogP contribution is 2.33. The van der Waals surface area contributed by atoms with Gasteiger partial charge in [-0.1, -0.05) is 11.6 Å². The zero-order chi connectivity index (χ0) is 18.8. The molecule has 2 heterocycles. The quantitative estimate of drug-likeness (QED) is 0.846. The van der Waals surface area contributed by atoms with Crippen molar-refractivity contribution < 1.29 is 19.1 Å². The van der Waals surface area contributed by atoms with Gasteiger partial charge >= 0.3 is 0 Å². The molecule has 1 aliphatic heterocycles. The molecule has 1 aromatic carbocycles. The lowest BCUT2D eigenvalue weighted by Gasteiger charge is -2.31. The molecule has 26 heavy (non-hydrogen) atoms. The summed E-state index contributed by atoms with van der Waals surface area (Å²) in [5, 5.41) is 3.05. The molecule has 3 N–H and O–H groups in total. The molecule has 0 saturated heterocycles. The third-order valence-electron chi connectivity index (χ3n) is 3.77. The average Bonchev–Trinajstić information content (AvgIpc) is 2.60. The number of carbonyl (C=O) groups is 2. The van der Waals surface area contributed by atoms with E-state index in [-0.39, 0.29) is 24.1 Å². The minimum absolute atomic E-state index is 0.219. The number of amides is 2. The largest absolute Gasteiger partial charge is 0.495 e. The molecule has 0 saturated carbocycles. The molecule has 0 spiro atoms. The summed E-state index contributed by atoms with van der Waals surface area (Å²) in [4.78, 5) is 30.2. The Morgan fingerprint density at radius 1 is 1.42 bits per heavy atom. The van der Waals surface area contributed by atoms with Crippen molar-refractivity contribution in [2.75, 3.05) is 29.6 Å². The normalized spacial score (nSPS) is 15.9. The second kappa shape index (κ2) is 7.09. The van der Waals surface area contributed by atoms with E-state index >= 15 is 0 Å². The minimum atomic E-state index is -0.726. The van der Waals surface area contributed by atoms with Gasteiger partial charge in [-0.25, -0.2) is 4.98 Å². The van der Waals surface area contributed by atoms with Gasteiger partial charge in [0.2, 0.25) is 5.91 Å². The van der Waals surface area contributed by atoms with Crippen LogP contribution in [0.25, 0.3) is 0 Å². The SMILES string of the molecule is COc1ccc(NC(=O)CN2C(=O)C(C)Oc3ccc(N)nc32)cc1Cl. The average molecular weight is 377 g/mol. The molecule has 0 radical (unpaired) electrons. The number of pyridine rings is 1. The molecule has 8 nitrogen and oxygen atoms in total. The number of nitrogens with one attached hydrogen (secondary N) is 1. The number of hydrogen-bond acceptors (Lipinski definition) is 6. The van der Waals surface area contributed by atoms with Crippen LogP contribution in [0.3, 0.4) is 0 Å². The molecule has 136 valence electrons. The molecule has 0 fully saturated rings. The van der Waals surface area contributed by atoms with Gasteiger partial charge in [0.15, 0.2) is 17.7 Å². The number of ether oxygens (including phenoxy) is 2. The summed E-state index contributed by atoms with van der Waals surface area (Å²) in [6.45, 7) is 1.37. The number of nitrogens with zero attached hydrogens (tertiary/aromatic N) is 2. The second-order valence-corrected chi connectivity index (χ2v) is 6.05. The Bertz CT molecular complexity index is 874. The fourth-order valence-electron chi connectivity index (χ4n) is 2.54. The zero-order valence-electron chi connectivity index (χ0n) is 14.2.